The number of nitrogens with two attached hydrogens (primary N) is 1. The predicted octanol–water partition coefficient (Wildman–Crippen LogP) is 1.51. The van der Waals surface area contributed by atoms with Gasteiger partial charge in [-0.05, 0) is 23.6 Å². The van der Waals surface area contributed by atoms with Crippen molar-refractivity contribution in [1.29, 1.82) is 0 Å². The SMILES string of the molecule is COc1ccc([C@H](N)C(=O)N[C@@H](C(C)C)C(O)C(F)(F)C(=O)NCC(F)(F)F)cc1. The number of carbonyl (C=O) groups is 2. The Hall–Kier alpha value is -2.47. The zero-order valence-electron chi connectivity index (χ0n) is 16.5. The number of nitrogens with one attached hydrogen (secondary N) is 2. The van der Waals surface area contributed by atoms with Crippen LogP contribution in [-0.4, -0.2) is 54.8 Å². The van der Waals surface area contributed by atoms with Crippen LogP contribution in [0.1, 0.15) is 25.5 Å². The maximum atomic E-state index is 14.2. The standard InChI is InChI=1S/C18H24F5N3O4/c1-9(2)13(14(27)18(22,23)16(29)25-8-17(19,20)21)26-15(28)12(24)10-4-6-11(30-3)7-5-10/h4-7,9,12-14,27H,8,24H2,1-3H3,(H,25,29)(H,26,28)/t12-,13-,14?/m0/s1. The first-order chi connectivity index (χ1) is 13.7. The van der Waals surface area contributed by atoms with Crippen molar-refractivity contribution in [2.75, 3.05) is 13.7 Å². The van der Waals surface area contributed by atoms with Crippen molar-refractivity contribution in [3.05, 3.63) is 29.8 Å². The van der Waals surface area contributed by atoms with E-state index in [1.165, 1.54) is 45.2 Å². The van der Waals surface area contributed by atoms with Gasteiger partial charge in [-0.15, -0.1) is 0 Å². The third-order valence-electron chi connectivity index (χ3n) is 4.25. The van der Waals surface area contributed by atoms with Gasteiger partial charge in [0.15, 0.2) is 0 Å². The molecule has 0 saturated carbocycles. The van der Waals surface area contributed by atoms with Crippen LogP contribution >= 0.6 is 0 Å². The molecule has 1 aromatic carbocycles. The fourth-order valence-electron chi connectivity index (χ4n) is 2.49. The molecular formula is C18H24F5N3O4. The zero-order chi connectivity index (χ0) is 23.3. The second kappa shape index (κ2) is 10.0. The summed E-state index contributed by atoms with van der Waals surface area (Å²) in [6.45, 7) is 0.753. The summed E-state index contributed by atoms with van der Waals surface area (Å²) in [5, 5.41) is 13.2. The van der Waals surface area contributed by atoms with Crippen LogP contribution in [-0.2, 0) is 9.59 Å². The van der Waals surface area contributed by atoms with E-state index in [0.717, 1.165) is 5.32 Å². The van der Waals surface area contributed by atoms with Crippen LogP contribution < -0.4 is 21.1 Å². The molecule has 0 aliphatic carbocycles. The normalized spacial score (nSPS) is 15.3. The Balaban J connectivity index is 2.93. The van der Waals surface area contributed by atoms with Gasteiger partial charge in [-0.3, -0.25) is 9.59 Å². The maximum absolute atomic E-state index is 14.2. The minimum Gasteiger partial charge on any atom is -0.497 e. The highest BCUT2D eigenvalue weighted by Gasteiger charge is 2.51. The number of halogens is 5. The number of aliphatic hydroxyl groups excluding tert-OH is 1. The molecule has 0 aromatic heterocycles. The summed E-state index contributed by atoms with van der Waals surface area (Å²) in [6, 6.07) is 3.03. The molecule has 0 bridgehead atoms. The average molecular weight is 441 g/mol. The molecule has 0 aliphatic heterocycles. The molecule has 0 aliphatic rings. The number of alkyl halides is 5. The number of carbonyl (C=O) groups excluding carboxylic acids is 2. The first kappa shape index (κ1) is 25.6. The number of benzene rings is 1. The highest BCUT2D eigenvalue weighted by atomic mass is 19.4. The van der Waals surface area contributed by atoms with E-state index >= 15 is 0 Å². The van der Waals surface area contributed by atoms with E-state index in [2.05, 4.69) is 5.32 Å². The van der Waals surface area contributed by atoms with Crippen LogP contribution in [0.25, 0.3) is 0 Å². The van der Waals surface area contributed by atoms with E-state index in [1.54, 1.807) is 0 Å². The number of aliphatic hydroxyl groups is 1. The molecule has 3 atom stereocenters. The number of rotatable bonds is 9. The quantitative estimate of drug-likeness (QED) is 0.434. The zero-order valence-corrected chi connectivity index (χ0v) is 16.5. The molecule has 1 unspecified atom stereocenters. The number of hydrogen-bond donors (Lipinski definition) is 4. The fraction of sp³-hybridized carbons (Fsp3) is 0.556. The molecule has 12 heteroatoms. The molecule has 0 spiro atoms. The summed E-state index contributed by atoms with van der Waals surface area (Å²) >= 11 is 0. The first-order valence-electron chi connectivity index (χ1n) is 8.81. The summed E-state index contributed by atoms with van der Waals surface area (Å²) in [5.74, 6) is -8.16. The average Bonchev–Trinajstić information content (AvgIpc) is 2.67. The van der Waals surface area contributed by atoms with Gasteiger partial charge in [0.1, 0.15) is 24.4 Å². The molecule has 5 N–H and O–H groups in total. The van der Waals surface area contributed by atoms with Crippen molar-refractivity contribution in [3.63, 3.8) is 0 Å². The van der Waals surface area contributed by atoms with Crippen LogP contribution in [0.3, 0.4) is 0 Å². The molecule has 0 saturated heterocycles. The monoisotopic (exact) mass is 441 g/mol. The third-order valence-corrected chi connectivity index (χ3v) is 4.25. The highest BCUT2D eigenvalue weighted by molar-refractivity contribution is 5.85. The number of ether oxygens (including phenoxy) is 1. The smallest absolute Gasteiger partial charge is 0.405 e. The van der Waals surface area contributed by atoms with Crippen LogP contribution in [0.15, 0.2) is 24.3 Å². The maximum Gasteiger partial charge on any atom is 0.405 e. The summed E-state index contributed by atoms with van der Waals surface area (Å²) in [7, 11) is 1.43. The number of methoxy groups -OCH3 is 1. The summed E-state index contributed by atoms with van der Waals surface area (Å²) in [4.78, 5) is 23.9. The molecule has 7 nitrogen and oxygen atoms in total. The van der Waals surface area contributed by atoms with Crippen LogP contribution in [0.5, 0.6) is 5.75 Å². The van der Waals surface area contributed by atoms with Crippen LogP contribution in [0.2, 0.25) is 0 Å². The van der Waals surface area contributed by atoms with Crippen LogP contribution in [0.4, 0.5) is 22.0 Å². The largest absolute Gasteiger partial charge is 0.497 e. The second-order valence-electron chi connectivity index (χ2n) is 6.89. The summed E-state index contributed by atoms with van der Waals surface area (Å²) in [6.07, 6.45) is -7.70. The van der Waals surface area contributed by atoms with E-state index in [-0.39, 0.29) is 0 Å². The lowest BCUT2D eigenvalue weighted by molar-refractivity contribution is -0.174. The van der Waals surface area contributed by atoms with Crippen molar-refractivity contribution < 1.29 is 41.4 Å². The molecule has 2 amide bonds. The number of hydrogen-bond acceptors (Lipinski definition) is 5. The van der Waals surface area contributed by atoms with Gasteiger partial charge >= 0.3 is 12.1 Å². The van der Waals surface area contributed by atoms with Gasteiger partial charge in [-0.1, -0.05) is 26.0 Å². The van der Waals surface area contributed by atoms with Crippen molar-refractivity contribution >= 4 is 11.8 Å². The van der Waals surface area contributed by atoms with Crippen molar-refractivity contribution in [2.45, 2.75) is 44.1 Å². The fourth-order valence-corrected chi connectivity index (χ4v) is 2.49. The molecule has 0 radical (unpaired) electrons. The van der Waals surface area contributed by atoms with Gasteiger partial charge in [-0.25, -0.2) is 0 Å². The van der Waals surface area contributed by atoms with Gasteiger partial charge < -0.3 is 26.2 Å². The predicted molar refractivity (Wildman–Crippen MR) is 96.7 cm³/mol. The lowest BCUT2D eigenvalue weighted by atomic mass is 9.93. The Morgan fingerprint density at radius 3 is 2.10 bits per heavy atom. The lowest BCUT2D eigenvalue weighted by Gasteiger charge is -2.32. The Bertz CT molecular complexity index is 726. The number of amides is 2. The molecule has 170 valence electrons. The molecule has 30 heavy (non-hydrogen) atoms. The third kappa shape index (κ3) is 6.80. The second-order valence-corrected chi connectivity index (χ2v) is 6.89. The molecule has 0 fully saturated rings. The molecule has 1 aromatic rings. The highest BCUT2D eigenvalue weighted by Crippen LogP contribution is 2.26. The molecular weight excluding hydrogens is 417 g/mol. The minimum atomic E-state index is -4.91. The van der Waals surface area contributed by atoms with Gasteiger partial charge in [0.2, 0.25) is 5.91 Å². The van der Waals surface area contributed by atoms with Crippen molar-refractivity contribution in [1.82, 2.24) is 10.6 Å². The Morgan fingerprint density at radius 1 is 1.13 bits per heavy atom. The Kier molecular flexibility index (Phi) is 8.54. The van der Waals surface area contributed by atoms with E-state index in [1.807, 2.05) is 0 Å². The van der Waals surface area contributed by atoms with E-state index in [9.17, 15) is 36.6 Å². The lowest BCUT2D eigenvalue weighted by Crippen LogP contribution is -2.60. The first-order valence-corrected chi connectivity index (χ1v) is 8.81. The summed E-state index contributed by atoms with van der Waals surface area (Å²) < 4.78 is 69.9. The van der Waals surface area contributed by atoms with Gasteiger partial charge in [0.05, 0.1) is 13.2 Å². The van der Waals surface area contributed by atoms with Crippen LogP contribution in [0, 0.1) is 5.92 Å². The summed E-state index contributed by atoms with van der Waals surface area (Å²) in [5.41, 5.74) is 6.14. The van der Waals surface area contributed by atoms with Gasteiger partial charge in [0, 0.05) is 0 Å². The Morgan fingerprint density at radius 2 is 1.67 bits per heavy atom. The van der Waals surface area contributed by atoms with E-state index in [4.69, 9.17) is 10.5 Å². The molecule has 0 heterocycles. The van der Waals surface area contributed by atoms with Gasteiger partial charge in [-0.2, -0.15) is 22.0 Å². The van der Waals surface area contributed by atoms with Gasteiger partial charge in [0.25, 0.3) is 5.91 Å². The van der Waals surface area contributed by atoms with Crippen molar-refractivity contribution in [3.8, 4) is 5.75 Å². The van der Waals surface area contributed by atoms with E-state index < -0.39 is 54.6 Å². The van der Waals surface area contributed by atoms with Crippen molar-refractivity contribution in [2.24, 2.45) is 11.7 Å². The molecule has 1 rings (SSSR count). The minimum absolute atomic E-state index is 0.319. The van der Waals surface area contributed by atoms with E-state index in [0.29, 0.717) is 11.3 Å². The topological polar surface area (TPSA) is 114 Å². The Labute approximate surface area is 169 Å².